The van der Waals surface area contributed by atoms with E-state index in [1.54, 1.807) is 30.3 Å². The number of hydrogen-bond donors (Lipinski definition) is 4. The molecule has 12 heteroatoms. The minimum absolute atomic E-state index is 0.0351. The van der Waals surface area contributed by atoms with Crippen molar-refractivity contribution in [2.45, 2.75) is 16.8 Å². The van der Waals surface area contributed by atoms with Crippen molar-refractivity contribution >= 4 is 39.0 Å². The van der Waals surface area contributed by atoms with Crippen molar-refractivity contribution in [2.75, 3.05) is 18.6 Å². The van der Waals surface area contributed by atoms with Crippen molar-refractivity contribution in [1.29, 1.82) is 0 Å². The summed E-state index contributed by atoms with van der Waals surface area (Å²) in [6, 6.07) is 13.6. The number of aliphatic hydroxyl groups excluding tert-OH is 2. The van der Waals surface area contributed by atoms with Gasteiger partial charge in [-0.05, 0) is 42.0 Å². The third-order valence-corrected chi connectivity index (χ3v) is 8.16. The Morgan fingerprint density at radius 2 is 1.80 bits per heavy atom. The Labute approximate surface area is 204 Å². The minimum Gasteiger partial charge on any atom is -0.478 e. The predicted molar refractivity (Wildman–Crippen MR) is 125 cm³/mol. The van der Waals surface area contributed by atoms with Crippen LogP contribution in [0, 0.1) is 5.82 Å². The van der Waals surface area contributed by atoms with Gasteiger partial charge in [0.15, 0.2) is 6.23 Å². The fourth-order valence-corrected chi connectivity index (χ4v) is 5.74. The number of carboxylic acid groups (broad SMARTS) is 1. The quantitative estimate of drug-likeness (QED) is 0.410. The molecule has 0 aliphatic carbocycles. The van der Waals surface area contributed by atoms with E-state index in [9.17, 15) is 38.0 Å². The molecular formula is C23H20ClFN2O7S. The van der Waals surface area contributed by atoms with Crippen molar-refractivity contribution < 1.29 is 38.0 Å². The molecule has 0 aromatic heterocycles. The molecule has 1 aliphatic heterocycles. The fourth-order valence-electron chi connectivity index (χ4n) is 3.92. The van der Waals surface area contributed by atoms with Crippen molar-refractivity contribution in [3.05, 3.63) is 77.1 Å². The Balaban J connectivity index is 2.05. The highest BCUT2D eigenvalue weighted by molar-refractivity contribution is 7.89. The number of fused-ring (bicyclic) bond motifs is 1. The minimum atomic E-state index is -4.56. The molecule has 184 valence electrons. The molecule has 3 aromatic rings. The maximum atomic E-state index is 13.9. The van der Waals surface area contributed by atoms with Gasteiger partial charge in [-0.1, -0.05) is 35.9 Å². The molecule has 1 unspecified atom stereocenters. The molecule has 0 radical (unpaired) electrons. The lowest BCUT2D eigenvalue weighted by atomic mass is 10.0. The molecule has 4 rings (SSSR count). The van der Waals surface area contributed by atoms with Crippen molar-refractivity contribution in [3.8, 4) is 11.1 Å². The van der Waals surface area contributed by atoms with E-state index in [0.29, 0.717) is 4.31 Å². The van der Waals surface area contributed by atoms with Crippen LogP contribution in [-0.2, 0) is 10.0 Å². The average molecular weight is 523 g/mol. The highest BCUT2D eigenvalue weighted by Crippen LogP contribution is 2.45. The van der Waals surface area contributed by atoms with Crippen LogP contribution in [0.5, 0.6) is 0 Å². The number of likely N-dealkylation sites (N-methyl/N-ethyl adjacent to an activating group) is 1. The van der Waals surface area contributed by atoms with E-state index in [1.807, 2.05) is 0 Å². The molecule has 1 heterocycles. The molecule has 4 N–H and O–H groups in total. The molecule has 0 fully saturated rings. The lowest BCUT2D eigenvalue weighted by Gasteiger charge is -2.40. The summed E-state index contributed by atoms with van der Waals surface area (Å²) in [5, 5.41) is 41.4. The van der Waals surface area contributed by atoms with Crippen LogP contribution >= 0.6 is 11.6 Å². The number of anilines is 2. The molecule has 3 aromatic carbocycles. The molecule has 2 atom stereocenters. The Morgan fingerprint density at radius 3 is 2.40 bits per heavy atom. The van der Waals surface area contributed by atoms with Crippen LogP contribution in [0.25, 0.3) is 11.1 Å². The van der Waals surface area contributed by atoms with E-state index >= 15 is 0 Å². The van der Waals surface area contributed by atoms with Crippen LogP contribution in [0.4, 0.5) is 15.8 Å². The van der Waals surface area contributed by atoms with Gasteiger partial charge in [-0.2, -0.15) is 4.31 Å². The number of benzene rings is 3. The largest absolute Gasteiger partial charge is 0.478 e. The summed E-state index contributed by atoms with van der Waals surface area (Å²) < 4.78 is 41.5. The van der Waals surface area contributed by atoms with Crippen LogP contribution in [0.15, 0.2) is 65.6 Å². The maximum Gasteiger partial charge on any atom is 0.338 e. The summed E-state index contributed by atoms with van der Waals surface area (Å²) >= 11 is 6.49. The van der Waals surface area contributed by atoms with Crippen molar-refractivity contribution in [3.63, 3.8) is 0 Å². The standard InChI is InChI=1S/C23H20ClFN2O7S/c1-26-23(32,12-28)22(31)27(14-5-3-2-4-6-14)19-11-17(24)15(10-20(19)35(26,33)34)13-7-8-18(25)16(9-13)21(29)30/h2-11,22,28,31-32H,12H2,1H3,(H,29,30)/t22?,23-/m0/s1. The van der Waals surface area contributed by atoms with Crippen molar-refractivity contribution in [1.82, 2.24) is 4.31 Å². The Morgan fingerprint density at radius 1 is 1.14 bits per heavy atom. The second-order valence-electron chi connectivity index (χ2n) is 7.89. The van der Waals surface area contributed by atoms with Crippen LogP contribution in [0.3, 0.4) is 0 Å². The lowest BCUT2D eigenvalue weighted by molar-refractivity contribution is -0.159. The third-order valence-electron chi connectivity index (χ3n) is 5.92. The van der Waals surface area contributed by atoms with Gasteiger partial charge in [-0.3, -0.25) is 0 Å². The maximum absolute atomic E-state index is 13.9. The number of sulfonamides is 1. The van der Waals surface area contributed by atoms with Gasteiger partial charge in [0, 0.05) is 18.3 Å². The highest BCUT2D eigenvalue weighted by Gasteiger charge is 2.52. The zero-order valence-corrected chi connectivity index (χ0v) is 19.7. The Bertz CT molecular complexity index is 1420. The zero-order valence-electron chi connectivity index (χ0n) is 18.1. The molecule has 0 amide bonds. The van der Waals surface area contributed by atoms with Gasteiger partial charge in [0.25, 0.3) is 0 Å². The molecule has 0 saturated carbocycles. The van der Waals surface area contributed by atoms with Gasteiger partial charge in [-0.25, -0.2) is 17.6 Å². The van der Waals surface area contributed by atoms with E-state index in [2.05, 4.69) is 0 Å². The zero-order chi connectivity index (χ0) is 25.7. The lowest BCUT2D eigenvalue weighted by Crippen LogP contribution is -2.62. The number of carbonyl (C=O) groups is 1. The monoisotopic (exact) mass is 522 g/mol. The number of carboxylic acids is 1. The SMILES string of the molecule is CN1[C@](O)(CO)C(O)N(c2ccccc2)c2cc(Cl)c(-c3ccc(F)c(C(=O)O)c3)cc2S1(=O)=O. The van der Waals surface area contributed by atoms with Crippen LogP contribution < -0.4 is 4.90 Å². The summed E-state index contributed by atoms with van der Waals surface area (Å²) in [6.45, 7) is -1.14. The second kappa shape index (κ2) is 8.86. The summed E-state index contributed by atoms with van der Waals surface area (Å²) in [4.78, 5) is 12.1. The first-order chi connectivity index (χ1) is 16.4. The van der Waals surface area contributed by atoms with E-state index in [4.69, 9.17) is 11.6 Å². The van der Waals surface area contributed by atoms with Crippen LogP contribution in [0.1, 0.15) is 10.4 Å². The van der Waals surface area contributed by atoms with Crippen molar-refractivity contribution in [2.24, 2.45) is 0 Å². The fraction of sp³-hybridized carbons (Fsp3) is 0.174. The van der Waals surface area contributed by atoms with Gasteiger partial charge in [0.2, 0.25) is 15.7 Å². The topological polar surface area (TPSA) is 139 Å². The van der Waals surface area contributed by atoms with Gasteiger partial charge in [-0.15, -0.1) is 0 Å². The number of para-hydroxylation sites is 1. The smallest absolute Gasteiger partial charge is 0.338 e. The Kier molecular flexibility index (Phi) is 6.34. The van der Waals surface area contributed by atoms with E-state index in [0.717, 1.165) is 30.1 Å². The summed E-state index contributed by atoms with van der Waals surface area (Å²) in [5.74, 6) is -2.50. The summed E-state index contributed by atoms with van der Waals surface area (Å²) in [7, 11) is -3.56. The first kappa shape index (κ1) is 25.0. The first-order valence-corrected chi connectivity index (χ1v) is 12.0. The number of aliphatic hydroxyl groups is 3. The first-order valence-electron chi connectivity index (χ1n) is 10.1. The van der Waals surface area contributed by atoms with E-state index < -0.39 is 50.8 Å². The van der Waals surface area contributed by atoms with E-state index in [-0.39, 0.29) is 27.5 Å². The van der Waals surface area contributed by atoms with Gasteiger partial charge < -0.3 is 25.3 Å². The van der Waals surface area contributed by atoms with Crippen LogP contribution in [0.2, 0.25) is 5.02 Å². The molecule has 0 spiro atoms. The predicted octanol–water partition coefficient (Wildman–Crippen LogP) is 2.62. The van der Waals surface area contributed by atoms with Crippen LogP contribution in [-0.4, -0.2) is 64.7 Å². The number of halogens is 2. The summed E-state index contributed by atoms with van der Waals surface area (Å²) in [6.07, 6.45) is -1.96. The normalized spacial score (nSPS) is 21.9. The summed E-state index contributed by atoms with van der Waals surface area (Å²) in [5.41, 5.74) is -2.90. The van der Waals surface area contributed by atoms with Gasteiger partial charge in [0.05, 0.1) is 22.9 Å². The van der Waals surface area contributed by atoms with Gasteiger partial charge >= 0.3 is 5.97 Å². The number of hydrogen-bond acceptors (Lipinski definition) is 7. The molecule has 0 bridgehead atoms. The number of rotatable bonds is 4. The highest BCUT2D eigenvalue weighted by atomic mass is 35.5. The molecule has 1 aliphatic rings. The molecule has 35 heavy (non-hydrogen) atoms. The second-order valence-corrected chi connectivity index (χ2v) is 10.2. The molecular weight excluding hydrogens is 503 g/mol. The molecule has 0 saturated heterocycles. The number of aromatic carboxylic acids is 1. The molecule has 9 nitrogen and oxygen atoms in total. The number of nitrogens with zero attached hydrogens (tertiary/aromatic N) is 2. The average Bonchev–Trinajstić information content (AvgIpc) is 2.87. The third kappa shape index (κ3) is 3.96. The van der Waals surface area contributed by atoms with Gasteiger partial charge in [0.1, 0.15) is 10.7 Å². The van der Waals surface area contributed by atoms with E-state index in [1.165, 1.54) is 12.1 Å². The Hall–Kier alpha value is -3.06.